The van der Waals surface area contributed by atoms with E-state index in [2.05, 4.69) is 0 Å². The summed E-state index contributed by atoms with van der Waals surface area (Å²) in [5.74, 6) is -3.96. The van der Waals surface area contributed by atoms with Gasteiger partial charge in [0.05, 0.1) is 19.1 Å². The lowest BCUT2D eigenvalue weighted by atomic mass is 9.78. The van der Waals surface area contributed by atoms with Crippen LogP contribution >= 0.6 is 0 Å². The maximum absolute atomic E-state index is 12.4. The molecule has 0 saturated heterocycles. The maximum Gasteiger partial charge on any atom is 0.320 e. The Bertz CT molecular complexity index is 808. The molecule has 0 amide bonds. The van der Waals surface area contributed by atoms with E-state index in [9.17, 15) is 19.7 Å². The van der Waals surface area contributed by atoms with Gasteiger partial charge in [0.2, 0.25) is 0 Å². The molecule has 2 N–H and O–H groups in total. The minimum absolute atomic E-state index is 0.175. The molecule has 0 aromatic heterocycles. The summed E-state index contributed by atoms with van der Waals surface area (Å²) in [5, 5.41) is 11.2. The summed E-state index contributed by atoms with van der Waals surface area (Å²) >= 11 is 0. The van der Waals surface area contributed by atoms with Gasteiger partial charge in [-0.2, -0.15) is 0 Å². The third kappa shape index (κ3) is 4.48. The van der Waals surface area contributed by atoms with Crippen LogP contribution in [0.5, 0.6) is 0 Å². The van der Waals surface area contributed by atoms with Crippen LogP contribution in [0.3, 0.4) is 0 Å². The van der Waals surface area contributed by atoms with Crippen LogP contribution in [0.25, 0.3) is 0 Å². The topological polar surface area (TPSA) is 122 Å². The zero-order chi connectivity index (χ0) is 20.0. The van der Waals surface area contributed by atoms with Crippen LogP contribution in [0, 0.1) is 16.0 Å². The highest BCUT2D eigenvalue weighted by molar-refractivity contribution is 5.96. The van der Waals surface area contributed by atoms with Gasteiger partial charge in [-0.15, -0.1) is 0 Å². The van der Waals surface area contributed by atoms with E-state index in [1.165, 1.54) is 18.2 Å². The lowest BCUT2D eigenvalue weighted by Gasteiger charge is -2.29. The Hall–Kier alpha value is -3.26. The molecule has 8 heteroatoms. The Morgan fingerprint density at radius 1 is 0.963 bits per heavy atom. The van der Waals surface area contributed by atoms with E-state index in [0.29, 0.717) is 11.1 Å². The summed E-state index contributed by atoms with van der Waals surface area (Å²) in [7, 11) is 2.30. The molecule has 0 saturated carbocycles. The molecular weight excluding hydrogens is 352 g/mol. The molecule has 0 aliphatic heterocycles. The molecule has 0 spiro atoms. The smallest absolute Gasteiger partial charge is 0.320 e. The minimum atomic E-state index is -1.38. The third-order valence-corrected chi connectivity index (χ3v) is 4.31. The van der Waals surface area contributed by atoms with E-state index in [1.54, 1.807) is 36.4 Å². The number of hydrogen-bond acceptors (Lipinski definition) is 7. The predicted molar refractivity (Wildman–Crippen MR) is 96.7 cm³/mol. The zero-order valence-electron chi connectivity index (χ0n) is 14.9. The number of nitrogens with zero attached hydrogens (tertiary/aromatic N) is 1. The summed E-state index contributed by atoms with van der Waals surface area (Å²) in [4.78, 5) is 35.3. The Balaban J connectivity index is 2.63. The van der Waals surface area contributed by atoms with E-state index >= 15 is 0 Å². The fourth-order valence-electron chi connectivity index (χ4n) is 2.98. The fourth-order valence-corrected chi connectivity index (χ4v) is 2.98. The van der Waals surface area contributed by atoms with Crippen molar-refractivity contribution in [2.45, 2.75) is 12.0 Å². The van der Waals surface area contributed by atoms with E-state index in [4.69, 9.17) is 15.2 Å². The molecule has 2 aromatic rings. The lowest BCUT2D eigenvalue weighted by Crippen LogP contribution is -2.37. The number of rotatable bonds is 7. The van der Waals surface area contributed by atoms with Crippen molar-refractivity contribution < 1.29 is 24.0 Å². The van der Waals surface area contributed by atoms with Crippen molar-refractivity contribution in [1.29, 1.82) is 0 Å². The number of ether oxygens (including phenoxy) is 2. The number of benzene rings is 2. The van der Waals surface area contributed by atoms with E-state index in [-0.39, 0.29) is 5.69 Å². The van der Waals surface area contributed by atoms with Gasteiger partial charge in [0, 0.05) is 24.1 Å². The van der Waals surface area contributed by atoms with Gasteiger partial charge in [-0.1, -0.05) is 42.5 Å². The van der Waals surface area contributed by atoms with Crippen LogP contribution in [0.15, 0.2) is 54.6 Å². The quantitative estimate of drug-likeness (QED) is 0.342. The number of nitrogens with two attached hydrogens (primary N) is 1. The summed E-state index contributed by atoms with van der Waals surface area (Å²) < 4.78 is 9.54. The van der Waals surface area contributed by atoms with Crippen LogP contribution in [0.1, 0.15) is 23.1 Å². The monoisotopic (exact) mass is 372 g/mol. The number of non-ortho nitro benzene ring substituents is 1. The van der Waals surface area contributed by atoms with Crippen molar-refractivity contribution >= 4 is 17.6 Å². The first-order valence-corrected chi connectivity index (χ1v) is 8.11. The molecule has 0 unspecified atom stereocenters. The molecule has 27 heavy (non-hydrogen) atoms. The van der Waals surface area contributed by atoms with Crippen molar-refractivity contribution in [3.05, 3.63) is 75.8 Å². The van der Waals surface area contributed by atoms with Crippen molar-refractivity contribution in [2.75, 3.05) is 14.2 Å². The standard InChI is InChI=1S/C19H20N2O6/c1-26-18(22)16(19(23)27-2)15(17(20)12-7-4-3-5-8-12)13-9-6-10-14(11-13)21(24)25/h3-11,15-17H,20H2,1-2H3/t15-,17+/m1/s1. The Morgan fingerprint density at radius 2 is 1.52 bits per heavy atom. The zero-order valence-corrected chi connectivity index (χ0v) is 14.9. The SMILES string of the molecule is COC(=O)C(C(=O)OC)[C@@H](c1cccc([N+](=O)[O-])c1)[C@@H](N)c1ccccc1. The van der Waals surface area contributed by atoms with Crippen molar-refractivity contribution in [2.24, 2.45) is 11.7 Å². The van der Waals surface area contributed by atoms with E-state index < -0.39 is 34.7 Å². The number of esters is 2. The van der Waals surface area contributed by atoms with Crippen LogP contribution < -0.4 is 5.73 Å². The van der Waals surface area contributed by atoms with Crippen LogP contribution in [0.4, 0.5) is 5.69 Å². The van der Waals surface area contributed by atoms with Crippen LogP contribution in [-0.4, -0.2) is 31.1 Å². The van der Waals surface area contributed by atoms with Crippen LogP contribution in [-0.2, 0) is 19.1 Å². The number of carbonyl (C=O) groups excluding carboxylic acids is 2. The molecule has 0 fully saturated rings. The first-order chi connectivity index (χ1) is 12.9. The number of nitro groups is 1. The minimum Gasteiger partial charge on any atom is -0.468 e. The third-order valence-electron chi connectivity index (χ3n) is 4.31. The molecule has 0 aliphatic carbocycles. The predicted octanol–water partition coefficient (Wildman–Crippen LogP) is 2.34. The highest BCUT2D eigenvalue weighted by Crippen LogP contribution is 2.38. The van der Waals surface area contributed by atoms with Gasteiger partial charge in [0.15, 0.2) is 5.92 Å². The number of methoxy groups -OCH3 is 2. The Labute approximate surface area is 156 Å². The van der Waals surface area contributed by atoms with Crippen LogP contribution in [0.2, 0.25) is 0 Å². The second kappa shape index (κ2) is 8.91. The Kier molecular flexibility index (Phi) is 6.62. The van der Waals surface area contributed by atoms with Gasteiger partial charge in [0.25, 0.3) is 5.69 Å². The first-order valence-electron chi connectivity index (χ1n) is 8.11. The first kappa shape index (κ1) is 20.1. The molecule has 0 heterocycles. The normalized spacial score (nSPS) is 12.9. The molecule has 2 rings (SSSR count). The maximum atomic E-state index is 12.4. The van der Waals surface area contributed by atoms with Crippen molar-refractivity contribution in [1.82, 2.24) is 0 Å². The van der Waals surface area contributed by atoms with Gasteiger partial charge in [-0.25, -0.2) is 0 Å². The molecule has 0 aliphatic rings. The highest BCUT2D eigenvalue weighted by Gasteiger charge is 2.42. The number of nitro benzene ring substituents is 1. The molecule has 8 nitrogen and oxygen atoms in total. The van der Waals surface area contributed by atoms with Crippen molar-refractivity contribution in [3.8, 4) is 0 Å². The van der Waals surface area contributed by atoms with Gasteiger partial charge < -0.3 is 15.2 Å². The van der Waals surface area contributed by atoms with Gasteiger partial charge in [-0.05, 0) is 11.1 Å². The van der Waals surface area contributed by atoms with Gasteiger partial charge in [-0.3, -0.25) is 19.7 Å². The number of carbonyl (C=O) groups is 2. The number of hydrogen-bond donors (Lipinski definition) is 1. The molecule has 0 bridgehead atoms. The summed E-state index contributed by atoms with van der Waals surface area (Å²) in [5.41, 5.74) is 7.24. The summed E-state index contributed by atoms with van der Waals surface area (Å²) in [6.45, 7) is 0. The molecule has 0 radical (unpaired) electrons. The summed E-state index contributed by atoms with van der Waals surface area (Å²) in [6, 6.07) is 13.7. The molecular formula is C19H20N2O6. The van der Waals surface area contributed by atoms with Gasteiger partial charge >= 0.3 is 11.9 Å². The van der Waals surface area contributed by atoms with E-state index in [1.807, 2.05) is 0 Å². The average molecular weight is 372 g/mol. The fraction of sp³-hybridized carbons (Fsp3) is 0.263. The Morgan fingerprint density at radius 3 is 2.04 bits per heavy atom. The van der Waals surface area contributed by atoms with Crippen molar-refractivity contribution in [3.63, 3.8) is 0 Å². The highest BCUT2D eigenvalue weighted by atomic mass is 16.6. The molecule has 2 aromatic carbocycles. The molecule has 142 valence electrons. The van der Waals surface area contributed by atoms with Gasteiger partial charge in [0.1, 0.15) is 0 Å². The molecule has 2 atom stereocenters. The summed E-state index contributed by atoms with van der Waals surface area (Å²) in [6.07, 6.45) is 0. The lowest BCUT2D eigenvalue weighted by molar-refractivity contribution is -0.384. The second-order valence-corrected chi connectivity index (χ2v) is 5.84. The average Bonchev–Trinajstić information content (AvgIpc) is 2.71. The van der Waals surface area contributed by atoms with E-state index in [0.717, 1.165) is 14.2 Å². The second-order valence-electron chi connectivity index (χ2n) is 5.84. The largest absolute Gasteiger partial charge is 0.468 e.